The van der Waals surface area contributed by atoms with Crippen LogP contribution in [0.2, 0.25) is 0 Å². The van der Waals surface area contributed by atoms with Crippen LogP contribution in [0.15, 0.2) is 24.5 Å². The van der Waals surface area contributed by atoms with Gasteiger partial charge in [0.05, 0.1) is 17.2 Å². The molecule has 0 radical (unpaired) electrons. The number of H-pyrrole nitrogens is 1. The molecule has 8 heteroatoms. The Bertz CT molecular complexity index is 934. The van der Waals surface area contributed by atoms with Gasteiger partial charge in [-0.2, -0.15) is 13.5 Å². The largest absolute Gasteiger partial charge is 0.384 e. The maximum Gasteiger partial charge on any atom is 0.269 e. The highest BCUT2D eigenvalue weighted by molar-refractivity contribution is 7.85. The van der Waals surface area contributed by atoms with Crippen LogP contribution in [-0.4, -0.2) is 34.7 Å². The van der Waals surface area contributed by atoms with Crippen molar-refractivity contribution in [2.45, 2.75) is 19.1 Å². The van der Waals surface area contributed by atoms with Gasteiger partial charge in [-0.05, 0) is 24.1 Å². The molecule has 116 valence electrons. The molecule has 7 nitrogen and oxygen atoms in total. The normalized spacial score (nSPS) is 12.1. The first-order valence-electron chi connectivity index (χ1n) is 6.92. The summed E-state index contributed by atoms with van der Waals surface area (Å²) in [5, 5.41) is 11.8. The predicted octanol–water partition coefficient (Wildman–Crippen LogP) is 2.32. The van der Waals surface area contributed by atoms with E-state index in [0.29, 0.717) is 22.0 Å². The highest BCUT2D eigenvalue weighted by atomic mass is 32.2. The summed E-state index contributed by atoms with van der Waals surface area (Å²) in [5.41, 5.74) is 2.75. The average molecular weight is 320 g/mol. The lowest BCUT2D eigenvalue weighted by molar-refractivity contribution is 0.482. The van der Waals surface area contributed by atoms with Gasteiger partial charge < -0.3 is 5.32 Å². The van der Waals surface area contributed by atoms with E-state index in [0.717, 1.165) is 24.0 Å². The van der Waals surface area contributed by atoms with Crippen molar-refractivity contribution in [1.29, 1.82) is 0 Å². The summed E-state index contributed by atoms with van der Waals surface area (Å²) in [5.74, 6) is -0.456. The van der Waals surface area contributed by atoms with E-state index in [4.69, 9.17) is 4.55 Å². The molecule has 0 bridgehead atoms. The van der Waals surface area contributed by atoms with E-state index in [2.05, 4.69) is 27.4 Å². The fraction of sp³-hybridized carbons (Fsp3) is 0.286. The molecule has 0 spiro atoms. The number of benzene rings is 1. The van der Waals surface area contributed by atoms with Crippen LogP contribution in [0.3, 0.4) is 0 Å². The molecule has 3 aromatic rings. The summed E-state index contributed by atoms with van der Waals surface area (Å²) < 4.78 is 31.6. The molecule has 0 unspecified atom stereocenters. The van der Waals surface area contributed by atoms with Crippen LogP contribution in [-0.2, 0) is 15.9 Å². The molecule has 0 amide bonds. The number of hydrogen-bond acceptors (Lipinski definition) is 5. The Labute approximate surface area is 127 Å². The highest BCUT2D eigenvalue weighted by Gasteiger charge is 2.16. The third kappa shape index (κ3) is 2.75. The van der Waals surface area contributed by atoms with Crippen molar-refractivity contribution in [1.82, 2.24) is 15.2 Å². The van der Waals surface area contributed by atoms with E-state index < -0.39 is 15.9 Å². The van der Waals surface area contributed by atoms with Crippen molar-refractivity contribution in [2.24, 2.45) is 0 Å². The maximum absolute atomic E-state index is 11.2. The molecule has 0 fully saturated rings. The molecule has 2 aromatic heterocycles. The maximum atomic E-state index is 11.2. The first-order chi connectivity index (χ1) is 10.5. The molecule has 0 saturated carbocycles. The second-order valence-corrected chi connectivity index (χ2v) is 6.55. The zero-order valence-corrected chi connectivity index (χ0v) is 12.8. The Balaban J connectivity index is 2.27. The fourth-order valence-electron chi connectivity index (χ4n) is 2.54. The van der Waals surface area contributed by atoms with Gasteiger partial charge in [0.1, 0.15) is 5.75 Å². The van der Waals surface area contributed by atoms with E-state index in [1.54, 1.807) is 12.3 Å². The van der Waals surface area contributed by atoms with Crippen LogP contribution >= 0.6 is 0 Å². The Morgan fingerprint density at radius 1 is 1.41 bits per heavy atom. The van der Waals surface area contributed by atoms with E-state index >= 15 is 0 Å². The molecule has 2 heterocycles. The summed E-state index contributed by atoms with van der Waals surface area (Å²) in [6.45, 7) is 2.89. The average Bonchev–Trinajstić information content (AvgIpc) is 2.92. The number of aromatic nitrogens is 3. The third-order valence-electron chi connectivity index (χ3n) is 3.43. The molecule has 0 aliphatic carbocycles. The number of pyridine rings is 1. The van der Waals surface area contributed by atoms with E-state index in [1.165, 1.54) is 6.20 Å². The Hall–Kier alpha value is -2.19. The Morgan fingerprint density at radius 2 is 2.23 bits per heavy atom. The molecule has 22 heavy (non-hydrogen) atoms. The van der Waals surface area contributed by atoms with Crippen LogP contribution in [0, 0.1) is 0 Å². The van der Waals surface area contributed by atoms with Crippen LogP contribution < -0.4 is 5.32 Å². The number of nitrogens with one attached hydrogen (secondary N) is 2. The van der Waals surface area contributed by atoms with Crippen molar-refractivity contribution >= 4 is 37.6 Å². The summed E-state index contributed by atoms with van der Waals surface area (Å²) >= 11 is 0. The second-order valence-electron chi connectivity index (χ2n) is 5.10. The molecular formula is C14H16N4O3S. The van der Waals surface area contributed by atoms with Crippen molar-refractivity contribution in [3.05, 3.63) is 30.1 Å². The zero-order chi connectivity index (χ0) is 15.7. The number of nitrogens with zero attached hydrogens (tertiary/aromatic N) is 2. The minimum Gasteiger partial charge on any atom is -0.384 e. The highest BCUT2D eigenvalue weighted by Crippen LogP contribution is 2.32. The van der Waals surface area contributed by atoms with Crippen molar-refractivity contribution in [2.75, 3.05) is 11.9 Å². The Morgan fingerprint density at radius 3 is 2.95 bits per heavy atom. The topological polar surface area (TPSA) is 108 Å². The smallest absolute Gasteiger partial charge is 0.269 e. The minimum atomic E-state index is -4.12. The number of fused-ring (bicyclic) bond motifs is 3. The quantitative estimate of drug-likeness (QED) is 0.623. The second kappa shape index (κ2) is 5.54. The van der Waals surface area contributed by atoms with Gasteiger partial charge in [-0.15, -0.1) is 0 Å². The lowest BCUT2D eigenvalue weighted by atomic mass is 10.1. The first-order valence-corrected chi connectivity index (χ1v) is 8.53. The van der Waals surface area contributed by atoms with Crippen LogP contribution in [0.25, 0.3) is 21.8 Å². The summed E-state index contributed by atoms with van der Waals surface area (Å²) in [6.07, 6.45) is 4.21. The van der Waals surface area contributed by atoms with Gasteiger partial charge in [0, 0.05) is 29.2 Å². The van der Waals surface area contributed by atoms with E-state index in [-0.39, 0.29) is 0 Å². The lowest BCUT2D eigenvalue weighted by Gasteiger charge is -2.10. The van der Waals surface area contributed by atoms with Crippen LogP contribution in [0.5, 0.6) is 0 Å². The minimum absolute atomic E-state index is 0.456. The van der Waals surface area contributed by atoms with Gasteiger partial charge in [-0.3, -0.25) is 14.6 Å². The van der Waals surface area contributed by atoms with Gasteiger partial charge in [0.25, 0.3) is 10.1 Å². The first kappa shape index (κ1) is 14.7. The van der Waals surface area contributed by atoms with Gasteiger partial charge in [-0.1, -0.05) is 6.92 Å². The molecule has 0 saturated heterocycles. The van der Waals surface area contributed by atoms with Crippen molar-refractivity contribution < 1.29 is 13.0 Å². The van der Waals surface area contributed by atoms with Gasteiger partial charge >= 0.3 is 0 Å². The zero-order valence-electron chi connectivity index (χ0n) is 12.0. The van der Waals surface area contributed by atoms with Crippen molar-refractivity contribution in [3.63, 3.8) is 0 Å². The SMILES string of the molecule is CCCNc1cc2nccc(CS(=O)(=O)O)c2c2[nH]ncc12. The summed E-state index contributed by atoms with van der Waals surface area (Å²) in [7, 11) is -4.12. The molecule has 0 atom stereocenters. The van der Waals surface area contributed by atoms with Crippen LogP contribution in [0.1, 0.15) is 18.9 Å². The Kier molecular flexibility index (Phi) is 3.71. The fourth-order valence-corrected chi connectivity index (χ4v) is 3.17. The van der Waals surface area contributed by atoms with Gasteiger partial charge in [0.2, 0.25) is 0 Å². The number of hydrogen-bond donors (Lipinski definition) is 3. The molecule has 0 aliphatic heterocycles. The third-order valence-corrected chi connectivity index (χ3v) is 4.11. The monoisotopic (exact) mass is 320 g/mol. The molecule has 3 N–H and O–H groups in total. The predicted molar refractivity (Wildman–Crippen MR) is 85.4 cm³/mol. The molecular weight excluding hydrogens is 304 g/mol. The van der Waals surface area contributed by atoms with Gasteiger partial charge in [0.15, 0.2) is 0 Å². The van der Waals surface area contributed by atoms with E-state index in [1.807, 2.05) is 6.07 Å². The molecule has 1 aromatic carbocycles. The molecule has 0 aliphatic rings. The van der Waals surface area contributed by atoms with Gasteiger partial charge in [-0.25, -0.2) is 0 Å². The number of rotatable bonds is 5. The standard InChI is InChI=1S/C14H16N4O3S/c1-2-4-15-11-6-12-13(14-10(11)7-17-18-14)9(3-5-16-12)8-22(19,20)21/h3,5-7,15H,2,4,8H2,1H3,(H,17,18)(H,19,20,21). The number of anilines is 1. The summed E-state index contributed by atoms with van der Waals surface area (Å²) in [6, 6.07) is 3.46. The van der Waals surface area contributed by atoms with Crippen LogP contribution in [0.4, 0.5) is 5.69 Å². The number of aromatic amines is 1. The molecule has 3 rings (SSSR count). The lowest BCUT2D eigenvalue weighted by Crippen LogP contribution is -2.04. The summed E-state index contributed by atoms with van der Waals surface area (Å²) in [4.78, 5) is 4.31. The van der Waals surface area contributed by atoms with E-state index in [9.17, 15) is 8.42 Å². The van der Waals surface area contributed by atoms with Crippen molar-refractivity contribution in [3.8, 4) is 0 Å².